The van der Waals surface area contributed by atoms with E-state index < -0.39 is 5.92 Å². The highest BCUT2D eigenvalue weighted by molar-refractivity contribution is 9.10. The number of rotatable bonds is 7. The Hall–Kier alpha value is -3.39. The van der Waals surface area contributed by atoms with E-state index in [4.69, 9.17) is 4.42 Å². The summed E-state index contributed by atoms with van der Waals surface area (Å²) in [5.41, 5.74) is 2.03. The van der Waals surface area contributed by atoms with Crippen molar-refractivity contribution in [2.24, 2.45) is 5.92 Å². The van der Waals surface area contributed by atoms with E-state index in [1.165, 1.54) is 0 Å². The molecule has 1 unspecified atom stereocenters. The summed E-state index contributed by atoms with van der Waals surface area (Å²) in [4.78, 5) is 39.5. The minimum absolute atomic E-state index is 0.202. The van der Waals surface area contributed by atoms with Gasteiger partial charge < -0.3 is 20.0 Å². The predicted octanol–water partition coefficient (Wildman–Crippen LogP) is 3.64. The Morgan fingerprint density at radius 2 is 1.88 bits per heavy atom. The highest BCUT2D eigenvalue weighted by Crippen LogP contribution is 2.27. The van der Waals surface area contributed by atoms with Gasteiger partial charge >= 0.3 is 0 Å². The first-order chi connectivity index (χ1) is 15.5. The van der Waals surface area contributed by atoms with Crippen LogP contribution in [-0.2, 0) is 22.7 Å². The number of carbonyl (C=O) groups excluding carboxylic acids is 3. The van der Waals surface area contributed by atoms with Gasteiger partial charge in [-0.15, -0.1) is 0 Å². The van der Waals surface area contributed by atoms with Crippen molar-refractivity contribution in [3.63, 3.8) is 0 Å². The summed E-state index contributed by atoms with van der Waals surface area (Å²) in [7, 11) is 0. The monoisotopic (exact) mass is 495 g/mol. The van der Waals surface area contributed by atoms with E-state index in [0.717, 1.165) is 15.7 Å². The van der Waals surface area contributed by atoms with Crippen LogP contribution in [0.5, 0.6) is 0 Å². The Kier molecular flexibility index (Phi) is 6.70. The van der Waals surface area contributed by atoms with Crippen LogP contribution in [-0.4, -0.2) is 24.3 Å². The standard InChI is InChI=1S/C24H22BrN3O4/c25-18-6-2-7-19(13-18)28-10-9-21(24(28)31)23(30)26-14-16-4-1-5-17(12-16)22(29)27-15-20-8-3-11-32-20/h1-8,11-13,21H,9-10,14-15H2,(H,26,30)(H,27,29). The molecule has 4 rings (SSSR count). The van der Waals surface area contributed by atoms with Crippen LogP contribution in [0, 0.1) is 5.92 Å². The maximum atomic E-state index is 12.8. The van der Waals surface area contributed by atoms with E-state index in [2.05, 4.69) is 26.6 Å². The molecule has 2 heterocycles. The largest absolute Gasteiger partial charge is 0.467 e. The van der Waals surface area contributed by atoms with E-state index >= 15 is 0 Å². The molecule has 0 bridgehead atoms. The lowest BCUT2D eigenvalue weighted by molar-refractivity contribution is -0.132. The van der Waals surface area contributed by atoms with Crippen LogP contribution in [0.25, 0.3) is 0 Å². The Morgan fingerprint density at radius 3 is 2.66 bits per heavy atom. The molecule has 3 amide bonds. The van der Waals surface area contributed by atoms with Gasteiger partial charge in [-0.05, 0) is 54.4 Å². The predicted molar refractivity (Wildman–Crippen MR) is 123 cm³/mol. The molecule has 1 aliphatic heterocycles. The van der Waals surface area contributed by atoms with Crippen molar-refractivity contribution in [3.05, 3.63) is 88.3 Å². The quantitative estimate of drug-likeness (QED) is 0.489. The summed E-state index contributed by atoms with van der Waals surface area (Å²) in [5, 5.41) is 5.63. The molecule has 2 N–H and O–H groups in total. The molecule has 7 nitrogen and oxygen atoms in total. The zero-order valence-electron chi connectivity index (χ0n) is 17.2. The molecule has 3 aromatic rings. The molecule has 1 aliphatic rings. The van der Waals surface area contributed by atoms with Crippen molar-refractivity contribution in [2.45, 2.75) is 19.5 Å². The topological polar surface area (TPSA) is 91.7 Å². The fraction of sp³-hybridized carbons (Fsp3) is 0.208. The summed E-state index contributed by atoms with van der Waals surface area (Å²) in [6.45, 7) is 1.03. The molecule has 1 fully saturated rings. The number of benzene rings is 2. The van der Waals surface area contributed by atoms with E-state index in [9.17, 15) is 14.4 Å². The summed E-state index contributed by atoms with van der Waals surface area (Å²) in [6, 6.07) is 18.0. The number of nitrogens with zero attached hydrogens (tertiary/aromatic N) is 1. The van der Waals surface area contributed by atoms with Crippen LogP contribution in [0.4, 0.5) is 5.69 Å². The van der Waals surface area contributed by atoms with E-state index in [1.54, 1.807) is 41.5 Å². The van der Waals surface area contributed by atoms with Gasteiger partial charge in [-0.2, -0.15) is 0 Å². The van der Waals surface area contributed by atoms with Crippen molar-refractivity contribution in [1.82, 2.24) is 10.6 Å². The average Bonchev–Trinajstić information content (AvgIpc) is 3.46. The smallest absolute Gasteiger partial charge is 0.251 e. The van der Waals surface area contributed by atoms with E-state index in [1.807, 2.05) is 30.3 Å². The third-order valence-electron chi connectivity index (χ3n) is 5.30. The first-order valence-corrected chi connectivity index (χ1v) is 11.0. The van der Waals surface area contributed by atoms with Gasteiger partial charge in [0.25, 0.3) is 5.91 Å². The molecule has 1 saturated heterocycles. The molecule has 0 radical (unpaired) electrons. The third kappa shape index (κ3) is 5.08. The number of carbonyl (C=O) groups is 3. The van der Waals surface area contributed by atoms with Crippen molar-refractivity contribution < 1.29 is 18.8 Å². The van der Waals surface area contributed by atoms with Gasteiger partial charge in [-0.25, -0.2) is 0 Å². The number of amides is 3. The maximum Gasteiger partial charge on any atom is 0.251 e. The van der Waals surface area contributed by atoms with Crippen LogP contribution < -0.4 is 15.5 Å². The van der Waals surface area contributed by atoms with E-state index in [0.29, 0.717) is 30.8 Å². The van der Waals surface area contributed by atoms with Gasteiger partial charge in [0.2, 0.25) is 11.8 Å². The molecule has 1 atom stereocenters. The highest BCUT2D eigenvalue weighted by atomic mass is 79.9. The van der Waals surface area contributed by atoms with Crippen molar-refractivity contribution in [1.29, 1.82) is 0 Å². The molecule has 32 heavy (non-hydrogen) atoms. The Balaban J connectivity index is 1.32. The average molecular weight is 496 g/mol. The Bertz CT molecular complexity index is 1130. The lowest BCUT2D eigenvalue weighted by atomic mass is 10.1. The number of anilines is 1. The first-order valence-electron chi connectivity index (χ1n) is 10.3. The SMILES string of the molecule is O=C(NCc1ccco1)c1cccc(CNC(=O)C2CCN(c3cccc(Br)c3)C2=O)c1. The van der Waals surface area contributed by atoms with Crippen molar-refractivity contribution in [2.75, 3.05) is 11.4 Å². The number of nitrogens with one attached hydrogen (secondary N) is 2. The van der Waals surface area contributed by atoms with Crippen LogP contribution in [0.2, 0.25) is 0 Å². The number of hydrogen-bond donors (Lipinski definition) is 2. The minimum Gasteiger partial charge on any atom is -0.467 e. The van der Waals surface area contributed by atoms with Gasteiger partial charge in [0.05, 0.1) is 12.8 Å². The van der Waals surface area contributed by atoms with Crippen LogP contribution in [0.3, 0.4) is 0 Å². The van der Waals surface area contributed by atoms with Crippen LogP contribution in [0.15, 0.2) is 75.8 Å². The molecule has 8 heteroatoms. The number of hydrogen-bond acceptors (Lipinski definition) is 4. The summed E-state index contributed by atoms with van der Waals surface area (Å²) >= 11 is 3.41. The molecule has 1 aromatic heterocycles. The molecule has 2 aromatic carbocycles. The van der Waals surface area contributed by atoms with E-state index in [-0.39, 0.29) is 24.3 Å². The molecular formula is C24H22BrN3O4. The normalized spacial score (nSPS) is 15.6. The van der Waals surface area contributed by atoms with Gasteiger partial charge in [-0.1, -0.05) is 34.1 Å². The number of halogens is 1. The minimum atomic E-state index is -0.714. The second-order valence-electron chi connectivity index (χ2n) is 7.49. The Morgan fingerprint density at radius 1 is 1.03 bits per heavy atom. The molecule has 0 aliphatic carbocycles. The first kappa shape index (κ1) is 21.8. The molecule has 164 valence electrons. The van der Waals surface area contributed by atoms with Gasteiger partial charge in [-0.3, -0.25) is 14.4 Å². The van der Waals surface area contributed by atoms with Crippen molar-refractivity contribution in [3.8, 4) is 0 Å². The summed E-state index contributed by atoms with van der Waals surface area (Å²) in [6.07, 6.45) is 2.02. The molecular weight excluding hydrogens is 474 g/mol. The van der Waals surface area contributed by atoms with Crippen LogP contribution >= 0.6 is 15.9 Å². The maximum absolute atomic E-state index is 12.8. The molecule has 0 spiro atoms. The number of furan rings is 1. The molecule has 0 saturated carbocycles. The highest BCUT2D eigenvalue weighted by Gasteiger charge is 2.37. The zero-order valence-corrected chi connectivity index (χ0v) is 18.8. The summed E-state index contributed by atoms with van der Waals surface area (Å²) in [5.74, 6) is -0.786. The zero-order chi connectivity index (χ0) is 22.5. The summed E-state index contributed by atoms with van der Waals surface area (Å²) < 4.78 is 6.09. The second-order valence-corrected chi connectivity index (χ2v) is 8.41. The van der Waals surface area contributed by atoms with Gasteiger partial charge in [0.15, 0.2) is 0 Å². The van der Waals surface area contributed by atoms with Crippen molar-refractivity contribution >= 4 is 39.3 Å². The third-order valence-corrected chi connectivity index (χ3v) is 5.79. The van der Waals surface area contributed by atoms with Crippen LogP contribution in [0.1, 0.15) is 28.1 Å². The lowest BCUT2D eigenvalue weighted by Crippen LogP contribution is -2.36. The van der Waals surface area contributed by atoms with Gasteiger partial charge in [0.1, 0.15) is 11.7 Å². The lowest BCUT2D eigenvalue weighted by Gasteiger charge is -2.17. The fourth-order valence-corrected chi connectivity index (χ4v) is 4.03. The Labute approximate surface area is 193 Å². The van der Waals surface area contributed by atoms with Gasteiger partial charge in [0, 0.05) is 28.8 Å². The second kappa shape index (κ2) is 9.82. The fourth-order valence-electron chi connectivity index (χ4n) is 3.64.